The third-order valence-electron chi connectivity index (χ3n) is 5.29. The van der Waals surface area contributed by atoms with Crippen molar-refractivity contribution >= 4 is 18.0 Å². The van der Waals surface area contributed by atoms with Gasteiger partial charge < -0.3 is 9.64 Å². The van der Waals surface area contributed by atoms with E-state index in [-0.39, 0.29) is 0 Å². The Kier molecular flexibility index (Phi) is 7.69. The van der Waals surface area contributed by atoms with Crippen LogP contribution in [0.1, 0.15) is 35.6 Å². The Morgan fingerprint density at radius 2 is 1.94 bits per heavy atom. The van der Waals surface area contributed by atoms with E-state index in [1.165, 1.54) is 11.1 Å². The SMILES string of the molecule is CCCN(C=O)CCOc1c(C)cc(Cc2ccc(-c3cn(C)nn3)cc2)c(C)c1Cl. The van der Waals surface area contributed by atoms with Gasteiger partial charge in [0, 0.05) is 19.2 Å². The molecule has 0 saturated heterocycles. The average Bonchev–Trinajstić information content (AvgIpc) is 3.20. The normalized spacial score (nSPS) is 10.9. The molecule has 164 valence electrons. The van der Waals surface area contributed by atoms with Crippen molar-refractivity contribution in [3.8, 4) is 17.0 Å². The van der Waals surface area contributed by atoms with E-state index < -0.39 is 0 Å². The van der Waals surface area contributed by atoms with Crippen molar-refractivity contribution in [3.05, 3.63) is 63.8 Å². The van der Waals surface area contributed by atoms with Crippen molar-refractivity contribution < 1.29 is 9.53 Å². The first-order valence-electron chi connectivity index (χ1n) is 10.5. The highest BCUT2D eigenvalue weighted by Crippen LogP contribution is 2.35. The lowest BCUT2D eigenvalue weighted by atomic mass is 9.97. The predicted molar refractivity (Wildman–Crippen MR) is 124 cm³/mol. The molecule has 0 aliphatic rings. The maximum absolute atomic E-state index is 11.1. The van der Waals surface area contributed by atoms with E-state index in [4.69, 9.17) is 16.3 Å². The van der Waals surface area contributed by atoms with Crippen LogP contribution in [-0.2, 0) is 18.3 Å². The van der Waals surface area contributed by atoms with E-state index in [1.54, 1.807) is 9.58 Å². The molecular formula is C24H29ClN4O2. The zero-order chi connectivity index (χ0) is 22.4. The molecule has 7 heteroatoms. The molecule has 1 aromatic heterocycles. The zero-order valence-corrected chi connectivity index (χ0v) is 19.3. The molecule has 0 unspecified atom stereocenters. The highest BCUT2D eigenvalue weighted by Gasteiger charge is 2.14. The zero-order valence-electron chi connectivity index (χ0n) is 18.6. The van der Waals surface area contributed by atoms with Crippen molar-refractivity contribution in [1.29, 1.82) is 0 Å². The molecule has 2 aromatic carbocycles. The summed E-state index contributed by atoms with van der Waals surface area (Å²) in [5.74, 6) is 0.697. The van der Waals surface area contributed by atoms with Crippen LogP contribution >= 0.6 is 11.6 Å². The number of ether oxygens (including phenoxy) is 1. The second kappa shape index (κ2) is 10.4. The van der Waals surface area contributed by atoms with Crippen LogP contribution < -0.4 is 4.74 Å². The van der Waals surface area contributed by atoms with Gasteiger partial charge in [-0.3, -0.25) is 9.48 Å². The Morgan fingerprint density at radius 1 is 1.19 bits per heavy atom. The van der Waals surface area contributed by atoms with Gasteiger partial charge >= 0.3 is 0 Å². The summed E-state index contributed by atoms with van der Waals surface area (Å²) < 4.78 is 7.65. The molecule has 1 amide bonds. The van der Waals surface area contributed by atoms with Gasteiger partial charge in [-0.25, -0.2) is 0 Å². The number of amides is 1. The van der Waals surface area contributed by atoms with Gasteiger partial charge in [0.15, 0.2) is 0 Å². The lowest BCUT2D eigenvalue weighted by molar-refractivity contribution is -0.118. The summed E-state index contributed by atoms with van der Waals surface area (Å²) in [5, 5.41) is 8.78. The van der Waals surface area contributed by atoms with Crippen LogP contribution in [0.3, 0.4) is 0 Å². The molecule has 0 N–H and O–H groups in total. The van der Waals surface area contributed by atoms with Gasteiger partial charge in [0.05, 0.1) is 17.8 Å². The lowest BCUT2D eigenvalue weighted by Gasteiger charge is -2.19. The second-order valence-electron chi connectivity index (χ2n) is 7.76. The number of aromatic nitrogens is 3. The lowest BCUT2D eigenvalue weighted by Crippen LogP contribution is -2.28. The van der Waals surface area contributed by atoms with Crippen LogP contribution in [0.4, 0.5) is 0 Å². The number of nitrogens with zero attached hydrogens (tertiary/aromatic N) is 4. The number of carbonyl (C=O) groups is 1. The van der Waals surface area contributed by atoms with Gasteiger partial charge in [-0.1, -0.05) is 54.1 Å². The summed E-state index contributed by atoms with van der Waals surface area (Å²) in [4.78, 5) is 12.8. The molecule has 0 atom stereocenters. The highest BCUT2D eigenvalue weighted by molar-refractivity contribution is 6.33. The molecule has 0 aliphatic carbocycles. The second-order valence-corrected chi connectivity index (χ2v) is 8.14. The molecule has 3 aromatic rings. The summed E-state index contributed by atoms with van der Waals surface area (Å²) in [6, 6.07) is 10.5. The van der Waals surface area contributed by atoms with Gasteiger partial charge in [-0.2, -0.15) is 0 Å². The minimum atomic E-state index is 0.419. The fourth-order valence-corrected chi connectivity index (χ4v) is 3.87. The van der Waals surface area contributed by atoms with E-state index in [1.807, 2.05) is 34.0 Å². The van der Waals surface area contributed by atoms with E-state index >= 15 is 0 Å². The third kappa shape index (κ3) is 5.64. The van der Waals surface area contributed by atoms with Crippen LogP contribution in [0.5, 0.6) is 5.75 Å². The fraction of sp³-hybridized carbons (Fsp3) is 0.375. The molecular weight excluding hydrogens is 412 g/mol. The Labute approximate surface area is 188 Å². The Hall–Kier alpha value is -2.86. The van der Waals surface area contributed by atoms with Crippen LogP contribution in [0, 0.1) is 13.8 Å². The number of hydrogen-bond donors (Lipinski definition) is 0. The molecule has 0 saturated carbocycles. The van der Waals surface area contributed by atoms with Crippen LogP contribution in [0.15, 0.2) is 36.5 Å². The number of carbonyl (C=O) groups excluding carboxylic acids is 1. The molecule has 3 rings (SSSR count). The monoisotopic (exact) mass is 440 g/mol. The first-order valence-corrected chi connectivity index (χ1v) is 10.9. The highest BCUT2D eigenvalue weighted by atomic mass is 35.5. The maximum Gasteiger partial charge on any atom is 0.209 e. The van der Waals surface area contributed by atoms with Crippen molar-refractivity contribution in [2.24, 2.45) is 7.05 Å². The first kappa shape index (κ1) is 22.8. The number of rotatable bonds is 10. The van der Waals surface area contributed by atoms with E-state index in [0.717, 1.165) is 48.2 Å². The number of hydrogen-bond acceptors (Lipinski definition) is 4. The van der Waals surface area contributed by atoms with Gasteiger partial charge in [-0.15, -0.1) is 5.10 Å². The van der Waals surface area contributed by atoms with Crippen molar-refractivity contribution in [3.63, 3.8) is 0 Å². The molecule has 0 radical (unpaired) electrons. The van der Waals surface area contributed by atoms with Crippen LogP contribution in [-0.4, -0.2) is 46.0 Å². The maximum atomic E-state index is 11.1. The molecule has 31 heavy (non-hydrogen) atoms. The van der Waals surface area contributed by atoms with E-state index in [2.05, 4.69) is 40.6 Å². The summed E-state index contributed by atoms with van der Waals surface area (Å²) in [6.45, 7) is 7.77. The predicted octanol–water partition coefficient (Wildman–Crippen LogP) is 4.59. The van der Waals surface area contributed by atoms with Gasteiger partial charge in [0.1, 0.15) is 18.1 Å². The largest absolute Gasteiger partial charge is 0.490 e. The molecule has 0 spiro atoms. The molecule has 0 aliphatic heterocycles. The summed E-state index contributed by atoms with van der Waals surface area (Å²) in [6.07, 6.45) is 4.47. The smallest absolute Gasteiger partial charge is 0.209 e. The number of halogens is 1. The van der Waals surface area contributed by atoms with E-state index in [0.29, 0.717) is 23.9 Å². The minimum Gasteiger partial charge on any atom is -0.490 e. The summed E-state index contributed by atoms with van der Waals surface area (Å²) in [7, 11) is 1.86. The van der Waals surface area contributed by atoms with Crippen LogP contribution in [0.2, 0.25) is 5.02 Å². The van der Waals surface area contributed by atoms with Crippen molar-refractivity contribution in [1.82, 2.24) is 19.9 Å². The van der Waals surface area contributed by atoms with Gasteiger partial charge in [0.25, 0.3) is 0 Å². The van der Waals surface area contributed by atoms with E-state index in [9.17, 15) is 4.79 Å². The standard InChI is InChI=1S/C24H29ClN4O2/c1-5-10-29(16-30)11-12-31-24-17(2)13-21(18(3)23(24)25)14-19-6-8-20(9-7-19)22-15-28(4)27-26-22/h6-9,13,15-16H,5,10-12,14H2,1-4H3. The molecule has 0 bridgehead atoms. The molecule has 0 fully saturated rings. The van der Waals surface area contributed by atoms with Crippen molar-refractivity contribution in [2.45, 2.75) is 33.6 Å². The molecule has 6 nitrogen and oxygen atoms in total. The number of aryl methyl sites for hydroxylation is 2. The minimum absolute atomic E-state index is 0.419. The quantitative estimate of drug-likeness (QED) is 0.432. The Balaban J connectivity index is 1.70. The third-order valence-corrected chi connectivity index (χ3v) is 5.75. The summed E-state index contributed by atoms with van der Waals surface area (Å²) in [5.41, 5.74) is 6.27. The number of benzene rings is 2. The van der Waals surface area contributed by atoms with Crippen LogP contribution in [0.25, 0.3) is 11.3 Å². The molecule has 1 heterocycles. The van der Waals surface area contributed by atoms with Gasteiger partial charge in [-0.05, 0) is 48.9 Å². The van der Waals surface area contributed by atoms with Crippen molar-refractivity contribution in [2.75, 3.05) is 19.7 Å². The summed E-state index contributed by atoms with van der Waals surface area (Å²) >= 11 is 6.66. The Bertz CT molecular complexity index is 1030. The van der Waals surface area contributed by atoms with Gasteiger partial charge in [0.2, 0.25) is 6.41 Å². The first-order chi connectivity index (χ1) is 14.9. The average molecular weight is 441 g/mol. The fourth-order valence-electron chi connectivity index (χ4n) is 3.54. The Morgan fingerprint density at radius 3 is 2.55 bits per heavy atom. The topological polar surface area (TPSA) is 60.2 Å².